The maximum Gasteiger partial charge on any atom is 0.165 e. The Morgan fingerprint density at radius 2 is 2.42 bits per heavy atom. The Bertz CT molecular complexity index is 236. The van der Waals surface area contributed by atoms with Gasteiger partial charge in [0.15, 0.2) is 5.82 Å². The van der Waals surface area contributed by atoms with E-state index in [0.717, 1.165) is 0 Å². The number of hydrogen-bond donors (Lipinski definition) is 1. The first-order chi connectivity index (χ1) is 5.79. The summed E-state index contributed by atoms with van der Waals surface area (Å²) in [5.41, 5.74) is 5.42. The van der Waals surface area contributed by atoms with Gasteiger partial charge < -0.3 is 10.5 Å². The van der Waals surface area contributed by atoms with Crippen molar-refractivity contribution < 1.29 is 4.74 Å². The van der Waals surface area contributed by atoms with Crippen molar-refractivity contribution in [2.75, 3.05) is 13.7 Å². The van der Waals surface area contributed by atoms with Gasteiger partial charge in [0.1, 0.15) is 0 Å². The van der Waals surface area contributed by atoms with Crippen molar-refractivity contribution in [1.29, 1.82) is 0 Å². The molecule has 0 spiro atoms. The molecule has 0 aliphatic heterocycles. The maximum absolute atomic E-state index is 5.42. The number of ether oxygens (including phenoxy) is 1. The molecule has 0 radical (unpaired) electrons. The van der Waals surface area contributed by atoms with E-state index in [0.29, 0.717) is 19.0 Å². The van der Waals surface area contributed by atoms with E-state index in [-0.39, 0.29) is 6.04 Å². The Morgan fingerprint density at radius 1 is 1.67 bits per heavy atom. The third-order valence-corrected chi connectivity index (χ3v) is 1.57. The van der Waals surface area contributed by atoms with Crippen molar-refractivity contribution in [2.24, 2.45) is 5.73 Å². The molecule has 1 aromatic rings. The summed E-state index contributed by atoms with van der Waals surface area (Å²) in [7, 11) is 1.64. The first-order valence-electron chi connectivity index (χ1n) is 3.75. The van der Waals surface area contributed by atoms with Gasteiger partial charge in [-0.2, -0.15) is 0 Å². The van der Waals surface area contributed by atoms with Crippen molar-refractivity contribution in [3.63, 3.8) is 0 Å². The predicted octanol–water partition coefficient (Wildman–Crippen LogP) is -0.661. The molecule has 12 heavy (non-hydrogen) atoms. The molecule has 0 aromatic carbocycles. The monoisotopic (exact) mass is 171 g/mol. The molecule has 1 aromatic heterocycles. The third-order valence-electron chi connectivity index (χ3n) is 1.57. The zero-order valence-electron chi connectivity index (χ0n) is 7.27. The minimum absolute atomic E-state index is 0.128. The zero-order valence-corrected chi connectivity index (χ0v) is 7.27. The van der Waals surface area contributed by atoms with Crippen LogP contribution < -0.4 is 5.73 Å². The summed E-state index contributed by atoms with van der Waals surface area (Å²) >= 11 is 0. The highest BCUT2D eigenvalue weighted by molar-refractivity contribution is 4.81. The molecule has 0 fully saturated rings. The smallest absolute Gasteiger partial charge is 0.165 e. The average molecular weight is 171 g/mol. The SMILES string of the molecule is COCC(C)n1nnnc1CN. The lowest BCUT2D eigenvalue weighted by molar-refractivity contribution is 0.154. The van der Waals surface area contributed by atoms with Crippen molar-refractivity contribution >= 4 is 0 Å². The summed E-state index contributed by atoms with van der Waals surface area (Å²) in [6.45, 7) is 2.90. The predicted molar refractivity (Wildman–Crippen MR) is 42.3 cm³/mol. The number of methoxy groups -OCH3 is 1. The molecule has 6 nitrogen and oxygen atoms in total. The summed E-state index contributed by atoms with van der Waals surface area (Å²) in [6.07, 6.45) is 0. The molecule has 1 atom stereocenters. The van der Waals surface area contributed by atoms with Gasteiger partial charge in [0, 0.05) is 7.11 Å². The van der Waals surface area contributed by atoms with Gasteiger partial charge in [0.2, 0.25) is 0 Å². The summed E-state index contributed by atoms with van der Waals surface area (Å²) in [5.74, 6) is 0.680. The quantitative estimate of drug-likeness (QED) is 0.650. The number of nitrogens with two attached hydrogens (primary N) is 1. The van der Waals surface area contributed by atoms with Crippen LogP contribution in [0.3, 0.4) is 0 Å². The van der Waals surface area contributed by atoms with Crippen molar-refractivity contribution in [3.8, 4) is 0 Å². The second kappa shape index (κ2) is 4.13. The highest BCUT2D eigenvalue weighted by atomic mass is 16.5. The van der Waals surface area contributed by atoms with Crippen LogP contribution in [0.1, 0.15) is 18.8 Å². The Balaban J connectivity index is 2.71. The molecule has 0 saturated heterocycles. The van der Waals surface area contributed by atoms with Crippen LogP contribution in [0.25, 0.3) is 0 Å². The summed E-state index contributed by atoms with van der Waals surface area (Å²) < 4.78 is 6.64. The van der Waals surface area contributed by atoms with E-state index in [1.54, 1.807) is 11.8 Å². The molecule has 0 bridgehead atoms. The first kappa shape index (κ1) is 9.08. The molecule has 68 valence electrons. The van der Waals surface area contributed by atoms with Gasteiger partial charge >= 0.3 is 0 Å². The Labute approximate surface area is 70.7 Å². The molecule has 0 aliphatic carbocycles. The summed E-state index contributed by atoms with van der Waals surface area (Å²) in [5, 5.41) is 11.1. The Hall–Kier alpha value is -1.01. The minimum Gasteiger partial charge on any atom is -0.382 e. The molecule has 2 N–H and O–H groups in total. The minimum atomic E-state index is 0.128. The molecule has 0 saturated carbocycles. The van der Waals surface area contributed by atoms with Crippen molar-refractivity contribution in [1.82, 2.24) is 20.2 Å². The van der Waals surface area contributed by atoms with E-state index in [2.05, 4.69) is 15.5 Å². The van der Waals surface area contributed by atoms with Gasteiger partial charge in [0.25, 0.3) is 0 Å². The zero-order chi connectivity index (χ0) is 8.97. The molecular formula is C6H13N5O. The van der Waals surface area contributed by atoms with Crippen LogP contribution in [0, 0.1) is 0 Å². The molecule has 1 heterocycles. The first-order valence-corrected chi connectivity index (χ1v) is 3.75. The van der Waals surface area contributed by atoms with E-state index in [1.807, 2.05) is 6.92 Å². The molecular weight excluding hydrogens is 158 g/mol. The summed E-state index contributed by atoms with van der Waals surface area (Å²) in [4.78, 5) is 0. The maximum atomic E-state index is 5.42. The summed E-state index contributed by atoms with van der Waals surface area (Å²) in [6, 6.07) is 0.128. The second-order valence-electron chi connectivity index (χ2n) is 2.55. The van der Waals surface area contributed by atoms with Gasteiger partial charge in [-0.15, -0.1) is 5.10 Å². The number of nitrogens with zero attached hydrogens (tertiary/aromatic N) is 4. The van der Waals surface area contributed by atoms with Gasteiger partial charge in [-0.05, 0) is 17.4 Å². The highest BCUT2D eigenvalue weighted by Gasteiger charge is 2.10. The van der Waals surface area contributed by atoms with Crippen LogP contribution in [-0.4, -0.2) is 33.9 Å². The van der Waals surface area contributed by atoms with Crippen molar-refractivity contribution in [2.45, 2.75) is 19.5 Å². The van der Waals surface area contributed by atoms with Gasteiger partial charge in [-0.1, -0.05) is 0 Å². The van der Waals surface area contributed by atoms with Crippen LogP contribution in [-0.2, 0) is 11.3 Å². The highest BCUT2D eigenvalue weighted by Crippen LogP contribution is 2.04. The van der Waals surface area contributed by atoms with E-state index in [4.69, 9.17) is 10.5 Å². The fourth-order valence-corrected chi connectivity index (χ4v) is 1.00. The average Bonchev–Trinajstić information content (AvgIpc) is 2.51. The Kier molecular flexibility index (Phi) is 3.12. The fraction of sp³-hybridized carbons (Fsp3) is 0.833. The van der Waals surface area contributed by atoms with Gasteiger partial charge in [-0.3, -0.25) is 0 Å². The number of rotatable bonds is 4. The molecule has 1 rings (SSSR count). The van der Waals surface area contributed by atoms with Crippen LogP contribution in [0.5, 0.6) is 0 Å². The molecule has 1 unspecified atom stereocenters. The van der Waals surface area contributed by atoms with Gasteiger partial charge in [-0.25, -0.2) is 4.68 Å². The molecule has 0 aliphatic rings. The van der Waals surface area contributed by atoms with E-state index < -0.39 is 0 Å². The van der Waals surface area contributed by atoms with Crippen molar-refractivity contribution in [3.05, 3.63) is 5.82 Å². The fourth-order valence-electron chi connectivity index (χ4n) is 1.00. The lowest BCUT2D eigenvalue weighted by Gasteiger charge is -2.10. The van der Waals surface area contributed by atoms with Crippen LogP contribution >= 0.6 is 0 Å². The lowest BCUT2D eigenvalue weighted by Crippen LogP contribution is -2.17. The van der Waals surface area contributed by atoms with E-state index in [1.165, 1.54) is 0 Å². The van der Waals surface area contributed by atoms with E-state index >= 15 is 0 Å². The second-order valence-corrected chi connectivity index (χ2v) is 2.55. The van der Waals surface area contributed by atoms with Crippen LogP contribution in [0.15, 0.2) is 0 Å². The topological polar surface area (TPSA) is 78.8 Å². The van der Waals surface area contributed by atoms with Gasteiger partial charge in [0.05, 0.1) is 19.2 Å². The molecule has 0 amide bonds. The normalized spacial score (nSPS) is 13.2. The number of tetrazole rings is 1. The van der Waals surface area contributed by atoms with Crippen LogP contribution in [0.4, 0.5) is 0 Å². The molecule has 6 heteroatoms. The lowest BCUT2D eigenvalue weighted by atomic mass is 10.3. The third kappa shape index (κ3) is 1.77. The standard InChI is InChI=1S/C6H13N5O/c1-5(4-12-2)11-6(3-7)8-9-10-11/h5H,3-4,7H2,1-2H3. The van der Waals surface area contributed by atoms with E-state index in [9.17, 15) is 0 Å². The Morgan fingerprint density at radius 3 is 3.00 bits per heavy atom. The number of aromatic nitrogens is 4. The van der Waals surface area contributed by atoms with Crippen LogP contribution in [0.2, 0.25) is 0 Å². The number of hydrogen-bond acceptors (Lipinski definition) is 5. The largest absolute Gasteiger partial charge is 0.382 e.